The van der Waals surface area contributed by atoms with Crippen molar-refractivity contribution in [2.75, 3.05) is 39.0 Å². The van der Waals surface area contributed by atoms with Crippen molar-refractivity contribution in [3.8, 4) is 5.75 Å². The monoisotopic (exact) mass is 450 g/mol. The van der Waals surface area contributed by atoms with Gasteiger partial charge in [-0.2, -0.15) is 0 Å². The van der Waals surface area contributed by atoms with Crippen molar-refractivity contribution in [2.45, 2.75) is 31.9 Å². The molecule has 8 heteroatoms. The molecule has 0 radical (unpaired) electrons. The van der Waals surface area contributed by atoms with Crippen molar-refractivity contribution in [2.24, 2.45) is 0 Å². The Kier molecular flexibility index (Phi) is 6.26. The van der Waals surface area contributed by atoms with E-state index < -0.39 is 5.60 Å². The lowest BCUT2D eigenvalue weighted by atomic mass is 9.90. The van der Waals surface area contributed by atoms with Crippen LogP contribution in [0.4, 0.5) is 10.5 Å². The molecule has 2 aromatic carbocycles. The van der Waals surface area contributed by atoms with Crippen LogP contribution in [0.25, 0.3) is 0 Å². The maximum Gasteiger partial charge on any atom is 0.319 e. The molecule has 0 aliphatic carbocycles. The molecule has 2 aromatic rings. The van der Waals surface area contributed by atoms with E-state index in [1.807, 2.05) is 34.1 Å². The maximum absolute atomic E-state index is 13.5. The summed E-state index contributed by atoms with van der Waals surface area (Å²) in [5.74, 6) is 0.549. The molecule has 2 aliphatic heterocycles. The predicted octanol–water partition coefficient (Wildman–Crippen LogP) is 3.20. The number of rotatable bonds is 2. The molecule has 4 amide bonds. The fraction of sp³-hybridized carbons (Fsp3) is 0.400. The summed E-state index contributed by atoms with van der Waals surface area (Å²) >= 11 is 0. The number of para-hydroxylation sites is 1. The quantitative estimate of drug-likeness (QED) is 0.762. The number of hydrogen-bond acceptors (Lipinski definition) is 4. The summed E-state index contributed by atoms with van der Waals surface area (Å²) in [6.45, 7) is 3.49. The molecular weight excluding hydrogens is 420 g/mol. The normalized spacial score (nSPS) is 16.9. The summed E-state index contributed by atoms with van der Waals surface area (Å²) in [6.07, 6.45) is 1.29. The van der Waals surface area contributed by atoms with Gasteiger partial charge in [-0.15, -0.1) is 0 Å². The fourth-order valence-electron chi connectivity index (χ4n) is 4.48. The van der Waals surface area contributed by atoms with E-state index in [1.165, 1.54) is 6.92 Å². The minimum absolute atomic E-state index is 0.00827. The topological polar surface area (TPSA) is 82.2 Å². The first-order valence-corrected chi connectivity index (χ1v) is 11.2. The van der Waals surface area contributed by atoms with E-state index in [2.05, 4.69) is 5.32 Å². The fourth-order valence-corrected chi connectivity index (χ4v) is 4.48. The van der Waals surface area contributed by atoms with Gasteiger partial charge >= 0.3 is 6.03 Å². The van der Waals surface area contributed by atoms with Crippen LogP contribution in [0.1, 0.15) is 35.7 Å². The number of likely N-dealkylation sites (tertiary alicyclic amines) is 1. The Morgan fingerprint density at radius 2 is 1.64 bits per heavy atom. The molecule has 174 valence electrons. The highest BCUT2D eigenvalue weighted by Gasteiger charge is 2.43. The van der Waals surface area contributed by atoms with Gasteiger partial charge in [0.1, 0.15) is 11.4 Å². The molecule has 33 heavy (non-hydrogen) atoms. The van der Waals surface area contributed by atoms with E-state index in [9.17, 15) is 14.4 Å². The van der Waals surface area contributed by atoms with Crippen LogP contribution in [0, 0.1) is 0 Å². The third-order valence-corrected chi connectivity index (χ3v) is 6.21. The number of carbonyl (C=O) groups excluding carboxylic acids is 3. The van der Waals surface area contributed by atoms with Crippen molar-refractivity contribution in [1.82, 2.24) is 14.7 Å². The van der Waals surface area contributed by atoms with Gasteiger partial charge in [0, 0.05) is 70.3 Å². The highest BCUT2D eigenvalue weighted by molar-refractivity contribution is 5.95. The number of hydrogen-bond donors (Lipinski definition) is 1. The lowest BCUT2D eigenvalue weighted by Gasteiger charge is -2.43. The van der Waals surface area contributed by atoms with Gasteiger partial charge in [-0.05, 0) is 30.3 Å². The van der Waals surface area contributed by atoms with Gasteiger partial charge in [0.05, 0.1) is 6.54 Å². The van der Waals surface area contributed by atoms with Crippen LogP contribution in [-0.4, -0.2) is 71.9 Å². The second kappa shape index (κ2) is 9.13. The predicted molar refractivity (Wildman–Crippen MR) is 125 cm³/mol. The molecule has 0 atom stereocenters. The van der Waals surface area contributed by atoms with Crippen LogP contribution in [-0.2, 0) is 11.3 Å². The van der Waals surface area contributed by atoms with Gasteiger partial charge in [-0.1, -0.05) is 18.2 Å². The minimum atomic E-state index is -0.554. The lowest BCUT2D eigenvalue weighted by molar-refractivity contribution is -0.114. The summed E-state index contributed by atoms with van der Waals surface area (Å²) in [5.41, 5.74) is 1.61. The SMILES string of the molecule is CC(=O)Nc1ccc(C(=O)N2Cc3ccccc3OC3(CCN(C(=O)N(C)C)CC3)C2)cc1. The molecule has 1 saturated heterocycles. The van der Waals surface area contributed by atoms with E-state index >= 15 is 0 Å². The Labute approximate surface area is 194 Å². The van der Waals surface area contributed by atoms with Crippen LogP contribution < -0.4 is 10.1 Å². The Hall–Kier alpha value is -3.55. The van der Waals surface area contributed by atoms with Crippen molar-refractivity contribution >= 4 is 23.5 Å². The maximum atomic E-state index is 13.5. The second-order valence-corrected chi connectivity index (χ2v) is 8.98. The summed E-state index contributed by atoms with van der Waals surface area (Å²) in [7, 11) is 3.51. The smallest absolute Gasteiger partial charge is 0.319 e. The van der Waals surface area contributed by atoms with Crippen molar-refractivity contribution in [3.63, 3.8) is 0 Å². The van der Waals surface area contributed by atoms with Crippen LogP contribution in [0.15, 0.2) is 48.5 Å². The molecule has 8 nitrogen and oxygen atoms in total. The summed E-state index contributed by atoms with van der Waals surface area (Å²) < 4.78 is 6.56. The summed E-state index contributed by atoms with van der Waals surface area (Å²) in [4.78, 5) is 42.4. The van der Waals surface area contributed by atoms with E-state index in [1.54, 1.807) is 43.3 Å². The molecule has 2 aliphatic rings. The van der Waals surface area contributed by atoms with Gasteiger partial charge in [0.15, 0.2) is 0 Å². The van der Waals surface area contributed by atoms with Crippen molar-refractivity contribution in [1.29, 1.82) is 0 Å². The van der Waals surface area contributed by atoms with E-state index in [-0.39, 0.29) is 17.8 Å². The zero-order valence-electron chi connectivity index (χ0n) is 19.3. The molecule has 1 N–H and O–H groups in total. The highest BCUT2D eigenvalue weighted by Crippen LogP contribution is 2.36. The Bertz CT molecular complexity index is 1040. The molecule has 0 saturated carbocycles. The van der Waals surface area contributed by atoms with Gasteiger partial charge in [0.25, 0.3) is 5.91 Å². The third-order valence-electron chi connectivity index (χ3n) is 6.21. The zero-order valence-corrected chi connectivity index (χ0v) is 19.3. The van der Waals surface area contributed by atoms with Gasteiger partial charge in [-0.3, -0.25) is 9.59 Å². The number of urea groups is 1. The van der Waals surface area contributed by atoms with Gasteiger partial charge < -0.3 is 24.8 Å². The number of nitrogens with one attached hydrogen (secondary N) is 1. The molecule has 2 heterocycles. The molecule has 0 unspecified atom stereocenters. The first kappa shape index (κ1) is 22.6. The van der Waals surface area contributed by atoms with Gasteiger partial charge in [0.2, 0.25) is 5.91 Å². The van der Waals surface area contributed by atoms with E-state index in [0.29, 0.717) is 50.3 Å². The number of benzene rings is 2. The standard InChI is InChI=1S/C25H30N4O4/c1-18(30)26-21-10-8-19(9-11-21)23(31)29-16-20-6-4-5-7-22(20)33-25(17-29)12-14-28(15-13-25)24(32)27(2)3/h4-11H,12-17H2,1-3H3,(H,26,30). The van der Waals surface area contributed by atoms with Crippen molar-refractivity contribution < 1.29 is 19.1 Å². The summed E-state index contributed by atoms with van der Waals surface area (Å²) in [5, 5.41) is 2.72. The van der Waals surface area contributed by atoms with Crippen molar-refractivity contribution in [3.05, 3.63) is 59.7 Å². The van der Waals surface area contributed by atoms with Crippen LogP contribution >= 0.6 is 0 Å². The van der Waals surface area contributed by atoms with Crippen LogP contribution in [0.2, 0.25) is 0 Å². The average molecular weight is 451 g/mol. The van der Waals surface area contributed by atoms with Crippen LogP contribution in [0.3, 0.4) is 0 Å². The molecule has 4 rings (SSSR count). The number of anilines is 1. The number of fused-ring (bicyclic) bond motifs is 1. The Morgan fingerprint density at radius 3 is 2.27 bits per heavy atom. The number of amides is 4. The molecule has 1 spiro atoms. The first-order valence-electron chi connectivity index (χ1n) is 11.2. The average Bonchev–Trinajstić information content (AvgIpc) is 2.95. The molecule has 1 fully saturated rings. The number of piperidine rings is 1. The number of nitrogens with zero attached hydrogens (tertiary/aromatic N) is 3. The van der Waals surface area contributed by atoms with E-state index in [0.717, 1.165) is 11.3 Å². The Balaban J connectivity index is 1.58. The van der Waals surface area contributed by atoms with Gasteiger partial charge in [-0.25, -0.2) is 4.79 Å². The minimum Gasteiger partial charge on any atom is -0.485 e. The largest absolute Gasteiger partial charge is 0.485 e. The number of carbonyl (C=O) groups is 3. The lowest BCUT2D eigenvalue weighted by Crippen LogP contribution is -2.56. The Morgan fingerprint density at radius 1 is 0.970 bits per heavy atom. The highest BCUT2D eigenvalue weighted by atomic mass is 16.5. The molecule has 0 bridgehead atoms. The first-order chi connectivity index (χ1) is 15.8. The number of ether oxygens (including phenoxy) is 1. The summed E-state index contributed by atoms with van der Waals surface area (Å²) in [6, 6.07) is 14.7. The van der Waals surface area contributed by atoms with Crippen LogP contribution in [0.5, 0.6) is 5.75 Å². The molecular formula is C25H30N4O4. The van der Waals surface area contributed by atoms with E-state index in [4.69, 9.17) is 4.74 Å². The third kappa shape index (κ3) is 4.94. The zero-order chi connectivity index (χ0) is 23.6. The second-order valence-electron chi connectivity index (χ2n) is 8.98. The molecule has 0 aromatic heterocycles.